The van der Waals surface area contributed by atoms with Gasteiger partial charge in [0, 0.05) is 0 Å². The second kappa shape index (κ2) is 4.60. The molecule has 70 valence electrons. The third kappa shape index (κ3) is 2.43. The van der Waals surface area contributed by atoms with Crippen LogP contribution < -0.4 is 10.2 Å². The van der Waals surface area contributed by atoms with E-state index >= 15 is 0 Å². The van der Waals surface area contributed by atoms with Crippen molar-refractivity contribution in [2.75, 3.05) is 6.54 Å². The van der Waals surface area contributed by atoms with Crippen LogP contribution in [0.25, 0.3) is 0 Å². The van der Waals surface area contributed by atoms with Crippen molar-refractivity contribution in [3.63, 3.8) is 0 Å². The lowest BCUT2D eigenvalue weighted by atomic mass is 10.4. The minimum atomic E-state index is -2.11. The van der Waals surface area contributed by atoms with Gasteiger partial charge >= 0.3 is 0 Å². The molecule has 0 saturated carbocycles. The zero-order chi connectivity index (χ0) is 9.73. The Morgan fingerprint density at radius 3 is 2.54 bits per heavy atom. The summed E-state index contributed by atoms with van der Waals surface area (Å²) in [6.45, 7) is 6.72. The fourth-order valence-electron chi connectivity index (χ4n) is 1.23. The van der Waals surface area contributed by atoms with E-state index in [1.807, 2.05) is 36.0 Å². The summed E-state index contributed by atoms with van der Waals surface area (Å²) in [6, 6.07) is 10.1. The van der Waals surface area contributed by atoms with Gasteiger partial charge in [-0.25, -0.2) is 0 Å². The van der Waals surface area contributed by atoms with E-state index in [4.69, 9.17) is 11.1 Å². The predicted molar refractivity (Wildman–Crippen MR) is 61.6 cm³/mol. The third-order valence-corrected chi connectivity index (χ3v) is 6.03. The topological polar surface area (TPSA) is 12.0 Å². The SMILES string of the molecule is C=C[Si](Cl)(NCC)c1ccccc1. The number of hydrogen-bond acceptors (Lipinski definition) is 1. The minimum absolute atomic E-state index is 0.872. The van der Waals surface area contributed by atoms with Crippen molar-refractivity contribution in [2.45, 2.75) is 6.92 Å². The fraction of sp³-hybridized carbons (Fsp3) is 0.200. The lowest BCUT2D eigenvalue weighted by molar-refractivity contribution is 0.993. The van der Waals surface area contributed by atoms with Gasteiger partial charge in [-0.05, 0) is 11.7 Å². The number of hydrogen-bond donors (Lipinski definition) is 1. The largest absolute Gasteiger partial charge is 0.319 e. The highest BCUT2D eigenvalue weighted by molar-refractivity contribution is 7.28. The first kappa shape index (κ1) is 10.5. The lowest BCUT2D eigenvalue weighted by Crippen LogP contribution is -2.54. The van der Waals surface area contributed by atoms with Gasteiger partial charge in [0.15, 0.2) is 0 Å². The highest BCUT2D eigenvalue weighted by Gasteiger charge is 2.28. The van der Waals surface area contributed by atoms with Crippen LogP contribution in [0.3, 0.4) is 0 Å². The molecule has 0 radical (unpaired) electrons. The van der Waals surface area contributed by atoms with E-state index in [0.29, 0.717) is 0 Å². The van der Waals surface area contributed by atoms with Gasteiger partial charge in [0.1, 0.15) is 0 Å². The van der Waals surface area contributed by atoms with Gasteiger partial charge in [-0.3, -0.25) is 0 Å². The molecule has 13 heavy (non-hydrogen) atoms. The average Bonchev–Trinajstić information content (AvgIpc) is 2.19. The Morgan fingerprint density at radius 2 is 2.08 bits per heavy atom. The van der Waals surface area contributed by atoms with Crippen LogP contribution in [-0.2, 0) is 0 Å². The predicted octanol–water partition coefficient (Wildman–Crippen LogP) is 1.91. The average molecular weight is 212 g/mol. The fourth-order valence-corrected chi connectivity index (χ4v) is 3.79. The maximum absolute atomic E-state index is 6.46. The van der Waals surface area contributed by atoms with Crippen molar-refractivity contribution in [1.29, 1.82) is 0 Å². The molecular formula is C10H14ClNSi. The molecule has 0 aliphatic heterocycles. The van der Waals surface area contributed by atoms with Gasteiger partial charge in [0.25, 0.3) is 7.55 Å². The second-order valence-corrected chi connectivity index (χ2v) is 7.36. The summed E-state index contributed by atoms with van der Waals surface area (Å²) in [4.78, 5) is 3.31. The molecule has 1 aromatic rings. The van der Waals surface area contributed by atoms with E-state index in [9.17, 15) is 0 Å². The number of halogens is 1. The van der Waals surface area contributed by atoms with E-state index < -0.39 is 7.55 Å². The molecule has 0 saturated heterocycles. The van der Waals surface area contributed by atoms with Crippen molar-refractivity contribution >= 4 is 23.8 Å². The summed E-state index contributed by atoms with van der Waals surface area (Å²) in [5.41, 5.74) is 1.85. The van der Waals surface area contributed by atoms with E-state index in [2.05, 4.69) is 18.5 Å². The van der Waals surface area contributed by atoms with Crippen molar-refractivity contribution < 1.29 is 0 Å². The molecule has 0 aliphatic carbocycles. The summed E-state index contributed by atoms with van der Waals surface area (Å²) in [5.74, 6) is 0. The van der Waals surface area contributed by atoms with Crippen molar-refractivity contribution in [3.8, 4) is 0 Å². The molecule has 3 heteroatoms. The van der Waals surface area contributed by atoms with E-state index in [-0.39, 0.29) is 0 Å². The van der Waals surface area contributed by atoms with Crippen molar-refractivity contribution in [2.24, 2.45) is 0 Å². The molecule has 0 heterocycles. The quantitative estimate of drug-likeness (QED) is 0.593. The van der Waals surface area contributed by atoms with Crippen LogP contribution in [0, 0.1) is 0 Å². The highest BCUT2D eigenvalue weighted by Crippen LogP contribution is 2.06. The first-order valence-corrected chi connectivity index (χ1v) is 7.45. The van der Waals surface area contributed by atoms with Crippen LogP contribution in [0.5, 0.6) is 0 Å². The minimum Gasteiger partial charge on any atom is -0.319 e. The Bertz CT molecular complexity index is 276. The Labute approximate surface area is 85.2 Å². The second-order valence-electron chi connectivity index (χ2n) is 2.81. The molecule has 0 spiro atoms. The Balaban J connectivity index is 2.95. The summed E-state index contributed by atoms with van der Waals surface area (Å²) in [5, 5.41) is 1.16. The van der Waals surface area contributed by atoms with Gasteiger partial charge in [0.2, 0.25) is 0 Å². The molecular weight excluding hydrogens is 198 g/mol. The van der Waals surface area contributed by atoms with E-state index in [0.717, 1.165) is 11.7 Å². The summed E-state index contributed by atoms with van der Waals surface area (Å²) in [6.07, 6.45) is 0. The van der Waals surface area contributed by atoms with Crippen LogP contribution in [0.1, 0.15) is 6.92 Å². The van der Waals surface area contributed by atoms with Gasteiger partial charge in [-0.1, -0.05) is 43.0 Å². The molecule has 0 aliphatic rings. The van der Waals surface area contributed by atoms with Crippen molar-refractivity contribution in [1.82, 2.24) is 4.98 Å². The number of nitrogens with one attached hydrogen (secondary N) is 1. The Morgan fingerprint density at radius 1 is 1.46 bits per heavy atom. The molecule has 0 bridgehead atoms. The molecule has 1 rings (SSSR count). The van der Waals surface area contributed by atoms with E-state index in [1.54, 1.807) is 0 Å². The molecule has 1 atom stereocenters. The standard InChI is InChI=1S/C10H14ClNSi/c1-3-12-13(11,4-2)10-8-6-5-7-9-10/h4-9,12H,2-3H2,1H3. The third-order valence-electron chi connectivity index (χ3n) is 1.91. The van der Waals surface area contributed by atoms with Crippen LogP contribution >= 0.6 is 11.1 Å². The zero-order valence-electron chi connectivity index (χ0n) is 7.76. The van der Waals surface area contributed by atoms with Gasteiger partial charge in [0.05, 0.1) is 0 Å². The molecule has 0 amide bonds. The summed E-state index contributed by atoms with van der Waals surface area (Å²) < 4.78 is 0. The van der Waals surface area contributed by atoms with Gasteiger partial charge in [-0.2, -0.15) is 0 Å². The molecule has 1 unspecified atom stereocenters. The van der Waals surface area contributed by atoms with Gasteiger partial charge in [-0.15, -0.1) is 17.7 Å². The normalized spacial score (nSPS) is 14.9. The maximum atomic E-state index is 6.46. The van der Waals surface area contributed by atoms with Crippen LogP contribution in [0.15, 0.2) is 42.6 Å². The summed E-state index contributed by atoms with van der Waals surface area (Å²) in [7, 11) is -2.11. The van der Waals surface area contributed by atoms with Crippen LogP contribution in [0.4, 0.5) is 0 Å². The lowest BCUT2D eigenvalue weighted by Gasteiger charge is -2.20. The highest BCUT2D eigenvalue weighted by atomic mass is 35.6. The first-order chi connectivity index (χ1) is 6.23. The van der Waals surface area contributed by atoms with Crippen LogP contribution in [-0.4, -0.2) is 14.1 Å². The molecule has 1 N–H and O–H groups in total. The molecule has 0 aromatic heterocycles. The first-order valence-electron chi connectivity index (χ1n) is 4.36. The molecule has 1 nitrogen and oxygen atoms in total. The monoisotopic (exact) mass is 211 g/mol. The maximum Gasteiger partial charge on any atom is 0.281 e. The molecule has 1 aromatic carbocycles. The van der Waals surface area contributed by atoms with Gasteiger partial charge < -0.3 is 4.98 Å². The Kier molecular flexibility index (Phi) is 3.72. The smallest absolute Gasteiger partial charge is 0.281 e. The summed E-state index contributed by atoms with van der Waals surface area (Å²) >= 11 is 6.46. The number of benzene rings is 1. The van der Waals surface area contributed by atoms with Crippen molar-refractivity contribution in [3.05, 3.63) is 42.6 Å². The molecule has 0 fully saturated rings. The zero-order valence-corrected chi connectivity index (χ0v) is 9.51. The van der Waals surface area contributed by atoms with Crippen LogP contribution in [0.2, 0.25) is 0 Å². The van der Waals surface area contributed by atoms with E-state index in [1.165, 1.54) is 0 Å². The number of rotatable bonds is 4. The Hall–Kier alpha value is -0.573.